The summed E-state index contributed by atoms with van der Waals surface area (Å²) >= 11 is 0. The molecule has 1 saturated heterocycles. The smallest absolute Gasteiger partial charge is 0.255 e. The molecule has 0 radical (unpaired) electrons. The molecule has 0 aliphatic carbocycles. The molecule has 122 valence electrons. The van der Waals surface area contributed by atoms with E-state index in [0.717, 1.165) is 37.4 Å². The molecule has 1 aliphatic rings. The first-order valence-electron chi connectivity index (χ1n) is 8.08. The average Bonchev–Trinajstić information content (AvgIpc) is 3.06. The van der Waals surface area contributed by atoms with Crippen LogP contribution in [-0.2, 0) is 17.9 Å². The standard InChI is InChI=1S/C18H23N3O2/c1-14-7-3-4-8-15(14)12-21-17(22)11-16(13-23-2)19-18(21)20-9-5-6-10-20/h3-4,7-8,11H,5-6,9-10,12-13H2,1-2H3. The highest BCUT2D eigenvalue weighted by Crippen LogP contribution is 2.19. The number of aryl methyl sites for hydroxylation is 1. The Labute approximate surface area is 136 Å². The lowest BCUT2D eigenvalue weighted by Crippen LogP contribution is -2.32. The lowest BCUT2D eigenvalue weighted by molar-refractivity contribution is 0.181. The van der Waals surface area contributed by atoms with Crippen LogP contribution in [0.2, 0.25) is 0 Å². The van der Waals surface area contributed by atoms with E-state index in [0.29, 0.717) is 18.8 Å². The minimum atomic E-state index is -0.0165. The maximum atomic E-state index is 12.6. The third kappa shape index (κ3) is 3.45. The molecule has 0 unspecified atom stereocenters. The topological polar surface area (TPSA) is 47.4 Å². The Morgan fingerprint density at radius 3 is 2.65 bits per heavy atom. The van der Waals surface area contributed by atoms with Crippen molar-refractivity contribution in [2.24, 2.45) is 0 Å². The quantitative estimate of drug-likeness (QED) is 0.850. The number of rotatable bonds is 5. The molecular weight excluding hydrogens is 290 g/mol. The zero-order chi connectivity index (χ0) is 16.2. The highest BCUT2D eigenvalue weighted by Gasteiger charge is 2.19. The Bertz CT molecular complexity index is 733. The molecule has 5 nitrogen and oxygen atoms in total. The van der Waals surface area contributed by atoms with Crippen LogP contribution in [0.5, 0.6) is 0 Å². The summed E-state index contributed by atoms with van der Waals surface area (Å²) in [4.78, 5) is 19.6. The second kappa shape index (κ2) is 6.96. The normalized spacial score (nSPS) is 14.4. The number of methoxy groups -OCH3 is 1. The molecule has 2 aromatic rings. The van der Waals surface area contributed by atoms with E-state index in [9.17, 15) is 4.79 Å². The summed E-state index contributed by atoms with van der Waals surface area (Å²) in [6.07, 6.45) is 2.30. The van der Waals surface area contributed by atoms with Gasteiger partial charge in [0, 0.05) is 26.3 Å². The number of hydrogen-bond acceptors (Lipinski definition) is 4. The van der Waals surface area contributed by atoms with Gasteiger partial charge in [-0.3, -0.25) is 9.36 Å². The maximum absolute atomic E-state index is 12.6. The van der Waals surface area contributed by atoms with E-state index in [-0.39, 0.29) is 5.56 Å². The highest BCUT2D eigenvalue weighted by atomic mass is 16.5. The van der Waals surface area contributed by atoms with E-state index in [1.807, 2.05) is 12.1 Å². The molecule has 0 spiro atoms. The van der Waals surface area contributed by atoms with Gasteiger partial charge in [-0.05, 0) is 30.9 Å². The first-order chi connectivity index (χ1) is 11.2. The van der Waals surface area contributed by atoms with E-state index in [4.69, 9.17) is 9.72 Å². The fraction of sp³-hybridized carbons (Fsp3) is 0.444. The van der Waals surface area contributed by atoms with Crippen LogP contribution in [0.4, 0.5) is 5.95 Å². The summed E-state index contributed by atoms with van der Waals surface area (Å²) in [5.41, 5.74) is 3.02. The van der Waals surface area contributed by atoms with Crippen LogP contribution in [0.1, 0.15) is 29.7 Å². The van der Waals surface area contributed by atoms with Crippen molar-refractivity contribution in [1.82, 2.24) is 9.55 Å². The highest BCUT2D eigenvalue weighted by molar-refractivity contribution is 5.36. The van der Waals surface area contributed by atoms with Gasteiger partial charge in [-0.2, -0.15) is 0 Å². The summed E-state index contributed by atoms with van der Waals surface area (Å²) in [5.74, 6) is 0.769. The fourth-order valence-electron chi connectivity index (χ4n) is 3.03. The molecular formula is C18H23N3O2. The van der Waals surface area contributed by atoms with Gasteiger partial charge >= 0.3 is 0 Å². The van der Waals surface area contributed by atoms with E-state index in [2.05, 4.69) is 24.0 Å². The van der Waals surface area contributed by atoms with Gasteiger partial charge in [0.25, 0.3) is 5.56 Å². The number of ether oxygens (including phenoxy) is 1. The zero-order valence-corrected chi connectivity index (χ0v) is 13.8. The van der Waals surface area contributed by atoms with Crippen LogP contribution in [0, 0.1) is 6.92 Å². The van der Waals surface area contributed by atoms with Gasteiger partial charge in [-0.1, -0.05) is 24.3 Å². The molecule has 23 heavy (non-hydrogen) atoms. The number of benzene rings is 1. The van der Waals surface area contributed by atoms with E-state index >= 15 is 0 Å². The van der Waals surface area contributed by atoms with Crippen LogP contribution >= 0.6 is 0 Å². The van der Waals surface area contributed by atoms with Crippen molar-refractivity contribution < 1.29 is 4.74 Å². The number of anilines is 1. The van der Waals surface area contributed by atoms with E-state index < -0.39 is 0 Å². The molecule has 5 heteroatoms. The minimum absolute atomic E-state index is 0.0165. The van der Waals surface area contributed by atoms with Gasteiger partial charge in [0.05, 0.1) is 18.8 Å². The van der Waals surface area contributed by atoms with Crippen molar-refractivity contribution in [3.8, 4) is 0 Å². The monoisotopic (exact) mass is 313 g/mol. The Balaban J connectivity index is 2.03. The molecule has 1 aliphatic heterocycles. The number of hydrogen-bond donors (Lipinski definition) is 0. The summed E-state index contributed by atoms with van der Waals surface area (Å²) in [6, 6.07) is 9.75. The number of aromatic nitrogens is 2. The Kier molecular flexibility index (Phi) is 4.76. The second-order valence-corrected chi connectivity index (χ2v) is 6.03. The lowest BCUT2D eigenvalue weighted by atomic mass is 10.1. The first-order valence-corrected chi connectivity index (χ1v) is 8.08. The van der Waals surface area contributed by atoms with Gasteiger partial charge in [0.15, 0.2) is 0 Å². The second-order valence-electron chi connectivity index (χ2n) is 6.03. The molecule has 1 aromatic heterocycles. The Morgan fingerprint density at radius 1 is 1.22 bits per heavy atom. The van der Waals surface area contributed by atoms with E-state index in [1.165, 1.54) is 5.56 Å². The van der Waals surface area contributed by atoms with Crippen LogP contribution < -0.4 is 10.5 Å². The fourth-order valence-corrected chi connectivity index (χ4v) is 3.03. The maximum Gasteiger partial charge on any atom is 0.255 e. The van der Waals surface area contributed by atoms with Crippen molar-refractivity contribution in [2.75, 3.05) is 25.1 Å². The van der Waals surface area contributed by atoms with Crippen molar-refractivity contribution in [3.63, 3.8) is 0 Å². The van der Waals surface area contributed by atoms with Gasteiger partial charge in [-0.25, -0.2) is 4.98 Å². The van der Waals surface area contributed by atoms with Gasteiger partial charge in [0.2, 0.25) is 5.95 Å². The molecule has 1 fully saturated rings. The van der Waals surface area contributed by atoms with Crippen molar-refractivity contribution in [2.45, 2.75) is 32.9 Å². The van der Waals surface area contributed by atoms with Crippen molar-refractivity contribution in [3.05, 3.63) is 57.5 Å². The molecule has 0 bridgehead atoms. The first kappa shape index (κ1) is 15.7. The van der Waals surface area contributed by atoms with Crippen molar-refractivity contribution in [1.29, 1.82) is 0 Å². The predicted molar refractivity (Wildman–Crippen MR) is 90.9 cm³/mol. The molecule has 2 heterocycles. The average molecular weight is 313 g/mol. The molecule has 0 N–H and O–H groups in total. The SMILES string of the molecule is COCc1cc(=O)n(Cc2ccccc2C)c(N2CCCC2)n1. The van der Waals surface area contributed by atoms with Crippen LogP contribution in [0.3, 0.4) is 0 Å². The summed E-state index contributed by atoms with van der Waals surface area (Å²) < 4.78 is 6.93. The van der Waals surface area contributed by atoms with Crippen LogP contribution in [-0.4, -0.2) is 29.8 Å². The summed E-state index contributed by atoms with van der Waals surface area (Å²) in [7, 11) is 1.62. The van der Waals surface area contributed by atoms with Crippen molar-refractivity contribution >= 4 is 5.95 Å². The Hall–Kier alpha value is -2.14. The van der Waals surface area contributed by atoms with Gasteiger partial charge in [-0.15, -0.1) is 0 Å². The van der Waals surface area contributed by atoms with Crippen LogP contribution in [0.25, 0.3) is 0 Å². The third-order valence-electron chi connectivity index (χ3n) is 4.31. The predicted octanol–water partition coefficient (Wildman–Crippen LogP) is 2.35. The summed E-state index contributed by atoms with van der Waals surface area (Å²) in [5, 5.41) is 0. The lowest BCUT2D eigenvalue weighted by Gasteiger charge is -2.22. The minimum Gasteiger partial charge on any atom is -0.378 e. The third-order valence-corrected chi connectivity index (χ3v) is 4.31. The van der Waals surface area contributed by atoms with Gasteiger partial charge in [0.1, 0.15) is 0 Å². The molecule has 1 aromatic carbocycles. The Morgan fingerprint density at radius 2 is 1.96 bits per heavy atom. The van der Waals surface area contributed by atoms with Gasteiger partial charge < -0.3 is 9.64 Å². The van der Waals surface area contributed by atoms with E-state index in [1.54, 1.807) is 17.7 Å². The molecule has 0 atom stereocenters. The zero-order valence-electron chi connectivity index (χ0n) is 13.8. The number of nitrogens with zero attached hydrogens (tertiary/aromatic N) is 3. The van der Waals surface area contributed by atoms with Crippen LogP contribution in [0.15, 0.2) is 35.1 Å². The molecule has 3 rings (SSSR count). The summed E-state index contributed by atoms with van der Waals surface area (Å²) in [6.45, 7) is 4.90. The largest absolute Gasteiger partial charge is 0.378 e. The molecule has 0 saturated carbocycles. The molecule has 0 amide bonds.